The number of aryl methyl sites for hydroxylation is 1. The Labute approximate surface area is 195 Å². The van der Waals surface area contributed by atoms with E-state index in [9.17, 15) is 14.4 Å². The standard InChI is InChI=1S/C25H20ClN3O4/c26-20-7-3-4-8-21(20)33-18-11-9-17(10-12-18)27-22(30)15-29-23(31)25(28-24(29)32)14-13-16-5-1-2-6-19(16)25/h1-12H,13-15H2,(H,27,30)(H,28,32)/t25-/m0/s1. The molecule has 1 aliphatic heterocycles. The minimum absolute atomic E-state index is 0.369. The number of hydrogen-bond acceptors (Lipinski definition) is 4. The predicted molar refractivity (Wildman–Crippen MR) is 123 cm³/mol. The molecular weight excluding hydrogens is 442 g/mol. The Morgan fingerprint density at radius 1 is 1.03 bits per heavy atom. The molecule has 1 aliphatic carbocycles. The van der Waals surface area contributed by atoms with Crippen molar-refractivity contribution in [3.8, 4) is 11.5 Å². The third-order valence-electron chi connectivity index (χ3n) is 5.93. The number of halogens is 1. The molecule has 5 rings (SSSR count). The highest BCUT2D eigenvalue weighted by Crippen LogP contribution is 2.41. The molecular formula is C25H20ClN3O4. The zero-order chi connectivity index (χ0) is 23.0. The van der Waals surface area contributed by atoms with Crippen LogP contribution in [0.5, 0.6) is 11.5 Å². The van der Waals surface area contributed by atoms with Crippen LogP contribution in [-0.4, -0.2) is 29.3 Å². The number of nitrogens with one attached hydrogen (secondary N) is 2. The van der Waals surface area contributed by atoms with Crippen LogP contribution < -0.4 is 15.4 Å². The monoisotopic (exact) mass is 461 g/mol. The molecule has 0 aromatic heterocycles. The summed E-state index contributed by atoms with van der Waals surface area (Å²) >= 11 is 6.10. The number of carbonyl (C=O) groups excluding carboxylic acids is 3. The van der Waals surface area contributed by atoms with Gasteiger partial charge in [0.05, 0.1) is 5.02 Å². The van der Waals surface area contributed by atoms with Crippen molar-refractivity contribution in [3.63, 3.8) is 0 Å². The van der Waals surface area contributed by atoms with Gasteiger partial charge in [-0.15, -0.1) is 0 Å². The Balaban J connectivity index is 1.24. The minimum atomic E-state index is -1.08. The van der Waals surface area contributed by atoms with Crippen LogP contribution in [0.2, 0.25) is 5.02 Å². The van der Waals surface area contributed by atoms with Crippen LogP contribution in [0, 0.1) is 0 Å². The van der Waals surface area contributed by atoms with Gasteiger partial charge >= 0.3 is 6.03 Å². The van der Waals surface area contributed by atoms with E-state index in [1.54, 1.807) is 36.4 Å². The van der Waals surface area contributed by atoms with Crippen LogP contribution >= 0.6 is 11.6 Å². The molecule has 2 aliphatic rings. The highest BCUT2D eigenvalue weighted by Gasteiger charge is 2.55. The Hall–Kier alpha value is -3.84. The van der Waals surface area contributed by atoms with E-state index in [0.717, 1.165) is 16.0 Å². The molecule has 0 unspecified atom stereocenters. The van der Waals surface area contributed by atoms with E-state index in [4.69, 9.17) is 16.3 Å². The fourth-order valence-electron chi connectivity index (χ4n) is 4.34. The Kier molecular flexibility index (Phi) is 5.26. The number of urea groups is 1. The molecule has 2 N–H and O–H groups in total. The molecule has 4 amide bonds. The van der Waals surface area contributed by atoms with Crippen LogP contribution in [0.25, 0.3) is 0 Å². The number of carbonyl (C=O) groups is 3. The summed E-state index contributed by atoms with van der Waals surface area (Å²) in [6.07, 6.45) is 1.19. The van der Waals surface area contributed by atoms with Gasteiger partial charge in [0.1, 0.15) is 23.6 Å². The third-order valence-corrected chi connectivity index (χ3v) is 6.24. The lowest BCUT2D eigenvalue weighted by Crippen LogP contribution is -2.42. The van der Waals surface area contributed by atoms with E-state index in [2.05, 4.69) is 10.6 Å². The minimum Gasteiger partial charge on any atom is -0.456 e. The van der Waals surface area contributed by atoms with Crippen molar-refractivity contribution < 1.29 is 19.1 Å². The number of benzene rings is 3. The van der Waals surface area contributed by atoms with Crippen molar-refractivity contribution in [1.82, 2.24) is 10.2 Å². The van der Waals surface area contributed by atoms with Crippen molar-refractivity contribution in [3.05, 3.63) is 88.9 Å². The summed E-state index contributed by atoms with van der Waals surface area (Å²) in [5.74, 6) is 0.214. The Bertz CT molecular complexity index is 1260. The maximum atomic E-state index is 13.2. The van der Waals surface area contributed by atoms with E-state index in [-0.39, 0.29) is 6.54 Å². The lowest BCUT2D eigenvalue weighted by Gasteiger charge is -2.22. The maximum absolute atomic E-state index is 13.2. The van der Waals surface area contributed by atoms with Crippen LogP contribution in [0.1, 0.15) is 17.5 Å². The molecule has 1 atom stereocenters. The number of imide groups is 1. The fourth-order valence-corrected chi connectivity index (χ4v) is 4.51. The lowest BCUT2D eigenvalue weighted by molar-refractivity contribution is -0.134. The second-order valence-electron chi connectivity index (χ2n) is 7.99. The normalized spacial score (nSPS) is 18.9. The lowest BCUT2D eigenvalue weighted by atomic mass is 9.92. The van der Waals surface area contributed by atoms with E-state index in [1.807, 2.05) is 36.4 Å². The van der Waals surface area contributed by atoms with Gasteiger partial charge in [0.25, 0.3) is 5.91 Å². The summed E-state index contributed by atoms with van der Waals surface area (Å²) < 4.78 is 5.74. The first-order chi connectivity index (χ1) is 16.0. The first-order valence-electron chi connectivity index (χ1n) is 10.5. The summed E-state index contributed by atoms with van der Waals surface area (Å²) in [6.45, 7) is -0.369. The number of amides is 4. The number of nitrogens with zero attached hydrogens (tertiary/aromatic N) is 1. The second kappa shape index (κ2) is 8.26. The van der Waals surface area contributed by atoms with Crippen LogP contribution in [0.15, 0.2) is 72.8 Å². The fraction of sp³-hybridized carbons (Fsp3) is 0.160. The van der Waals surface area contributed by atoms with Gasteiger partial charge in [-0.3, -0.25) is 14.5 Å². The van der Waals surface area contributed by atoms with Crippen molar-refractivity contribution in [1.29, 1.82) is 0 Å². The largest absolute Gasteiger partial charge is 0.456 e. The number of ether oxygens (including phenoxy) is 1. The molecule has 1 heterocycles. The number of para-hydroxylation sites is 1. The first-order valence-corrected chi connectivity index (χ1v) is 10.9. The van der Waals surface area contributed by atoms with Gasteiger partial charge < -0.3 is 15.4 Å². The quantitative estimate of drug-likeness (QED) is 0.549. The molecule has 3 aromatic carbocycles. The molecule has 33 heavy (non-hydrogen) atoms. The number of rotatable bonds is 5. The summed E-state index contributed by atoms with van der Waals surface area (Å²) in [5.41, 5.74) is 1.28. The van der Waals surface area contributed by atoms with Gasteiger partial charge in [-0.2, -0.15) is 0 Å². The van der Waals surface area contributed by atoms with Crippen molar-refractivity contribution >= 4 is 35.1 Å². The van der Waals surface area contributed by atoms with Crippen LogP contribution in [-0.2, 0) is 21.5 Å². The molecule has 166 valence electrons. The summed E-state index contributed by atoms with van der Waals surface area (Å²) in [7, 11) is 0. The van der Waals surface area contributed by atoms with Gasteiger partial charge in [-0.1, -0.05) is 48.0 Å². The maximum Gasteiger partial charge on any atom is 0.325 e. The molecule has 1 saturated heterocycles. The average molecular weight is 462 g/mol. The predicted octanol–water partition coefficient (Wildman–Crippen LogP) is 4.46. The summed E-state index contributed by atoms with van der Waals surface area (Å²) in [5, 5.41) is 6.03. The Morgan fingerprint density at radius 2 is 1.76 bits per heavy atom. The number of fused-ring (bicyclic) bond motifs is 2. The molecule has 1 spiro atoms. The first kappa shape index (κ1) is 21.0. The highest BCUT2D eigenvalue weighted by atomic mass is 35.5. The molecule has 3 aromatic rings. The molecule has 0 radical (unpaired) electrons. The van der Waals surface area contributed by atoms with E-state index >= 15 is 0 Å². The molecule has 1 fully saturated rings. The zero-order valence-corrected chi connectivity index (χ0v) is 18.3. The number of anilines is 1. The van der Waals surface area contributed by atoms with Gasteiger partial charge in [-0.05, 0) is 60.4 Å². The van der Waals surface area contributed by atoms with Crippen molar-refractivity contribution in [2.45, 2.75) is 18.4 Å². The number of hydrogen-bond donors (Lipinski definition) is 2. The molecule has 0 bridgehead atoms. The van der Waals surface area contributed by atoms with Crippen LogP contribution in [0.3, 0.4) is 0 Å². The van der Waals surface area contributed by atoms with Gasteiger partial charge in [-0.25, -0.2) is 4.79 Å². The van der Waals surface area contributed by atoms with E-state index in [1.165, 1.54) is 0 Å². The molecule has 0 saturated carbocycles. The smallest absolute Gasteiger partial charge is 0.325 e. The van der Waals surface area contributed by atoms with E-state index < -0.39 is 23.4 Å². The summed E-state index contributed by atoms with van der Waals surface area (Å²) in [4.78, 5) is 39.3. The zero-order valence-electron chi connectivity index (χ0n) is 17.5. The Morgan fingerprint density at radius 3 is 2.55 bits per heavy atom. The topological polar surface area (TPSA) is 87.7 Å². The van der Waals surface area contributed by atoms with Gasteiger partial charge in [0.2, 0.25) is 5.91 Å². The second-order valence-corrected chi connectivity index (χ2v) is 8.40. The highest BCUT2D eigenvalue weighted by molar-refractivity contribution is 6.32. The van der Waals surface area contributed by atoms with Gasteiger partial charge in [0.15, 0.2) is 0 Å². The molecule has 7 nitrogen and oxygen atoms in total. The van der Waals surface area contributed by atoms with Crippen molar-refractivity contribution in [2.24, 2.45) is 0 Å². The third kappa shape index (κ3) is 3.81. The van der Waals surface area contributed by atoms with E-state index in [0.29, 0.717) is 35.1 Å². The SMILES string of the molecule is O=C(CN1C(=O)N[C@]2(CCc3ccccc32)C1=O)Nc1ccc(Oc2ccccc2Cl)cc1. The van der Waals surface area contributed by atoms with Gasteiger partial charge in [0, 0.05) is 5.69 Å². The summed E-state index contributed by atoms with van der Waals surface area (Å²) in [6, 6.07) is 20.9. The van der Waals surface area contributed by atoms with Crippen molar-refractivity contribution in [2.75, 3.05) is 11.9 Å². The average Bonchev–Trinajstić information content (AvgIpc) is 3.30. The molecule has 8 heteroatoms. The van der Waals surface area contributed by atoms with Crippen LogP contribution in [0.4, 0.5) is 10.5 Å².